The van der Waals surface area contributed by atoms with Crippen LogP contribution in [-0.2, 0) is 0 Å². The van der Waals surface area contributed by atoms with Gasteiger partial charge >= 0.3 is 0 Å². The number of nitrogens with one attached hydrogen (secondary N) is 1. The maximum atomic E-state index is 12.4. The largest absolute Gasteiger partial charge is 0.438 e. The standard InChI is InChI=1S/C20H12Cl2N4O3/c21-13-9-16(22)20(24-11-13)28-15-3-1-14(2-4-15)25-19(27)17-10-18(29-26-17)12-5-7-23-8-6-12/h1-11H,(H,25,27). The van der Waals surface area contributed by atoms with E-state index in [2.05, 4.69) is 20.4 Å². The van der Waals surface area contributed by atoms with Gasteiger partial charge in [-0.15, -0.1) is 0 Å². The Morgan fingerprint density at radius 1 is 1.03 bits per heavy atom. The molecule has 0 aliphatic heterocycles. The van der Waals surface area contributed by atoms with Crippen molar-refractivity contribution >= 4 is 34.8 Å². The average molecular weight is 427 g/mol. The molecule has 0 spiro atoms. The van der Waals surface area contributed by atoms with E-state index in [0.717, 1.165) is 5.56 Å². The minimum atomic E-state index is -0.398. The van der Waals surface area contributed by atoms with E-state index in [9.17, 15) is 4.79 Å². The molecule has 0 unspecified atom stereocenters. The molecule has 0 saturated heterocycles. The molecule has 0 saturated carbocycles. The van der Waals surface area contributed by atoms with Crippen molar-refractivity contribution in [2.75, 3.05) is 5.32 Å². The number of anilines is 1. The maximum Gasteiger partial charge on any atom is 0.277 e. The predicted octanol–water partition coefficient (Wildman–Crippen LogP) is 5.48. The molecule has 1 amide bonds. The fraction of sp³-hybridized carbons (Fsp3) is 0. The number of nitrogens with zero attached hydrogens (tertiary/aromatic N) is 3. The van der Waals surface area contributed by atoms with Crippen LogP contribution in [0.1, 0.15) is 10.5 Å². The van der Waals surface area contributed by atoms with Gasteiger partial charge in [-0.05, 0) is 42.5 Å². The molecule has 1 N–H and O–H groups in total. The van der Waals surface area contributed by atoms with Crippen LogP contribution in [-0.4, -0.2) is 21.0 Å². The Labute approximate surface area is 175 Å². The van der Waals surface area contributed by atoms with E-state index >= 15 is 0 Å². The SMILES string of the molecule is O=C(Nc1ccc(Oc2ncc(Cl)cc2Cl)cc1)c1cc(-c2ccncc2)on1. The van der Waals surface area contributed by atoms with Crippen molar-refractivity contribution in [1.82, 2.24) is 15.1 Å². The van der Waals surface area contributed by atoms with Crippen LogP contribution in [0, 0.1) is 0 Å². The van der Waals surface area contributed by atoms with E-state index in [1.165, 1.54) is 12.3 Å². The molecule has 0 bridgehead atoms. The number of benzene rings is 1. The van der Waals surface area contributed by atoms with Crippen molar-refractivity contribution in [3.05, 3.63) is 82.9 Å². The summed E-state index contributed by atoms with van der Waals surface area (Å²) >= 11 is 11.9. The normalized spacial score (nSPS) is 10.6. The van der Waals surface area contributed by atoms with Crippen LogP contribution in [0.15, 0.2) is 71.6 Å². The summed E-state index contributed by atoms with van der Waals surface area (Å²) in [5, 5.41) is 7.27. The highest BCUT2D eigenvalue weighted by Crippen LogP contribution is 2.29. The number of pyridine rings is 2. The topological polar surface area (TPSA) is 90.1 Å². The monoisotopic (exact) mass is 426 g/mol. The molecule has 3 aromatic heterocycles. The third-order valence-corrected chi connectivity index (χ3v) is 4.29. The van der Waals surface area contributed by atoms with Gasteiger partial charge in [0.25, 0.3) is 5.91 Å². The van der Waals surface area contributed by atoms with E-state index in [-0.39, 0.29) is 11.6 Å². The number of aromatic nitrogens is 3. The Balaban J connectivity index is 1.42. The Bertz CT molecular complexity index is 1150. The lowest BCUT2D eigenvalue weighted by Crippen LogP contribution is -2.11. The lowest BCUT2D eigenvalue weighted by atomic mass is 10.2. The first-order valence-corrected chi connectivity index (χ1v) is 9.11. The van der Waals surface area contributed by atoms with Crippen LogP contribution < -0.4 is 10.1 Å². The summed E-state index contributed by atoms with van der Waals surface area (Å²) in [7, 11) is 0. The van der Waals surface area contributed by atoms with Crippen molar-refractivity contribution < 1.29 is 14.1 Å². The van der Waals surface area contributed by atoms with Crippen molar-refractivity contribution in [3.63, 3.8) is 0 Å². The van der Waals surface area contributed by atoms with Crippen molar-refractivity contribution in [1.29, 1.82) is 0 Å². The molecule has 0 atom stereocenters. The second-order valence-electron chi connectivity index (χ2n) is 5.83. The zero-order chi connectivity index (χ0) is 20.2. The summed E-state index contributed by atoms with van der Waals surface area (Å²) in [4.78, 5) is 20.4. The van der Waals surface area contributed by atoms with Gasteiger partial charge in [0.1, 0.15) is 10.8 Å². The van der Waals surface area contributed by atoms with Gasteiger partial charge in [-0.25, -0.2) is 4.98 Å². The summed E-state index contributed by atoms with van der Waals surface area (Å²) in [5.74, 6) is 0.819. The number of hydrogen-bond acceptors (Lipinski definition) is 6. The Kier molecular flexibility index (Phi) is 5.41. The van der Waals surface area contributed by atoms with Crippen LogP contribution in [0.2, 0.25) is 10.0 Å². The van der Waals surface area contributed by atoms with Crippen molar-refractivity contribution in [3.8, 4) is 23.0 Å². The first-order chi connectivity index (χ1) is 14.1. The fourth-order valence-electron chi connectivity index (χ4n) is 2.42. The summed E-state index contributed by atoms with van der Waals surface area (Å²) < 4.78 is 10.8. The molecule has 1 aromatic carbocycles. The number of hydrogen-bond donors (Lipinski definition) is 1. The molecular formula is C20H12Cl2N4O3. The van der Waals surface area contributed by atoms with Crippen LogP contribution in [0.5, 0.6) is 11.6 Å². The van der Waals surface area contributed by atoms with Crippen LogP contribution >= 0.6 is 23.2 Å². The summed E-state index contributed by atoms with van der Waals surface area (Å²) in [5.41, 5.74) is 1.50. The minimum Gasteiger partial charge on any atom is -0.438 e. The molecular weight excluding hydrogens is 415 g/mol. The summed E-state index contributed by atoms with van der Waals surface area (Å²) in [6.07, 6.45) is 4.71. The quantitative estimate of drug-likeness (QED) is 0.454. The van der Waals surface area contributed by atoms with Gasteiger partial charge in [-0.1, -0.05) is 28.4 Å². The van der Waals surface area contributed by atoms with Crippen LogP contribution in [0.25, 0.3) is 11.3 Å². The lowest BCUT2D eigenvalue weighted by Gasteiger charge is -2.08. The van der Waals surface area contributed by atoms with Gasteiger partial charge in [0.2, 0.25) is 5.88 Å². The average Bonchev–Trinajstić information content (AvgIpc) is 3.23. The predicted molar refractivity (Wildman–Crippen MR) is 108 cm³/mol. The van der Waals surface area contributed by atoms with E-state index < -0.39 is 5.91 Å². The van der Waals surface area contributed by atoms with E-state index in [4.69, 9.17) is 32.5 Å². The van der Waals surface area contributed by atoms with Crippen molar-refractivity contribution in [2.24, 2.45) is 0 Å². The molecule has 144 valence electrons. The second-order valence-corrected chi connectivity index (χ2v) is 6.68. The molecule has 0 fully saturated rings. The summed E-state index contributed by atoms with van der Waals surface area (Å²) in [6, 6.07) is 13.3. The number of amides is 1. The van der Waals surface area contributed by atoms with E-state index in [0.29, 0.717) is 27.2 Å². The lowest BCUT2D eigenvalue weighted by molar-refractivity contribution is 0.101. The Morgan fingerprint density at radius 3 is 2.52 bits per heavy atom. The first kappa shape index (κ1) is 18.9. The maximum absolute atomic E-state index is 12.4. The molecule has 0 radical (unpaired) electrons. The highest BCUT2D eigenvalue weighted by molar-refractivity contribution is 6.35. The third kappa shape index (κ3) is 4.53. The van der Waals surface area contributed by atoms with Gasteiger partial charge in [0.05, 0.1) is 5.02 Å². The minimum absolute atomic E-state index is 0.161. The highest BCUT2D eigenvalue weighted by Gasteiger charge is 2.14. The zero-order valence-electron chi connectivity index (χ0n) is 14.7. The number of carbonyl (C=O) groups is 1. The molecule has 3 heterocycles. The van der Waals surface area contributed by atoms with Gasteiger partial charge < -0.3 is 14.6 Å². The van der Waals surface area contributed by atoms with E-state index in [1.807, 2.05) is 0 Å². The molecule has 9 heteroatoms. The molecule has 0 aliphatic rings. The van der Waals surface area contributed by atoms with E-state index in [1.54, 1.807) is 54.9 Å². The third-order valence-electron chi connectivity index (χ3n) is 3.81. The first-order valence-electron chi connectivity index (χ1n) is 8.36. The number of carbonyl (C=O) groups excluding carboxylic acids is 1. The van der Waals surface area contributed by atoms with Gasteiger partial charge in [-0.2, -0.15) is 0 Å². The molecule has 4 aromatic rings. The zero-order valence-corrected chi connectivity index (χ0v) is 16.2. The Morgan fingerprint density at radius 2 is 1.79 bits per heavy atom. The second kappa shape index (κ2) is 8.30. The smallest absolute Gasteiger partial charge is 0.277 e. The van der Waals surface area contributed by atoms with Gasteiger partial charge in [0, 0.05) is 35.9 Å². The van der Waals surface area contributed by atoms with Crippen LogP contribution in [0.4, 0.5) is 5.69 Å². The van der Waals surface area contributed by atoms with Crippen molar-refractivity contribution in [2.45, 2.75) is 0 Å². The molecule has 29 heavy (non-hydrogen) atoms. The molecule has 0 aliphatic carbocycles. The molecule has 7 nitrogen and oxygen atoms in total. The molecule has 4 rings (SSSR count). The highest BCUT2D eigenvalue weighted by atomic mass is 35.5. The van der Waals surface area contributed by atoms with Crippen LogP contribution in [0.3, 0.4) is 0 Å². The number of halogens is 2. The fourth-order valence-corrected chi connectivity index (χ4v) is 2.84. The number of ether oxygens (including phenoxy) is 1. The summed E-state index contributed by atoms with van der Waals surface area (Å²) in [6.45, 7) is 0. The van der Waals surface area contributed by atoms with Gasteiger partial charge in [0.15, 0.2) is 11.5 Å². The Hall–Kier alpha value is -3.42. The number of rotatable bonds is 5. The van der Waals surface area contributed by atoms with Gasteiger partial charge in [-0.3, -0.25) is 9.78 Å².